The molecule has 2 N–H and O–H groups in total. The molecule has 1 saturated heterocycles. The van der Waals surface area contributed by atoms with Gasteiger partial charge in [-0.05, 0) is 6.07 Å². The molecule has 1 aliphatic rings. The molecule has 0 amide bonds. The van der Waals surface area contributed by atoms with E-state index in [1.807, 2.05) is 0 Å². The van der Waals surface area contributed by atoms with Crippen LogP contribution in [-0.4, -0.2) is 42.3 Å². The summed E-state index contributed by atoms with van der Waals surface area (Å²) in [4.78, 5) is 13.9. The standard InChI is InChI=1S/C11H13N5O3/c12-5-9-10(16(17)18)1-2-11(15-9)14-7-8-6-13-3-4-19-8/h1-2,8,13H,3-4,6-7H2,(H,14,15). The third-order valence-corrected chi connectivity index (χ3v) is 2.69. The van der Waals surface area contributed by atoms with E-state index in [0.29, 0.717) is 19.0 Å². The van der Waals surface area contributed by atoms with Crippen LogP contribution in [0.25, 0.3) is 0 Å². The first-order chi connectivity index (χ1) is 9.20. The normalized spacial score (nSPS) is 18.6. The lowest BCUT2D eigenvalue weighted by Gasteiger charge is -2.23. The minimum absolute atomic E-state index is 0.0243. The lowest BCUT2D eigenvalue weighted by Crippen LogP contribution is -2.42. The summed E-state index contributed by atoms with van der Waals surface area (Å²) < 4.78 is 5.49. The highest BCUT2D eigenvalue weighted by Gasteiger charge is 2.17. The Hall–Kier alpha value is -2.24. The maximum Gasteiger partial charge on any atom is 0.305 e. The molecule has 0 aliphatic carbocycles. The molecule has 0 saturated carbocycles. The average molecular weight is 263 g/mol. The van der Waals surface area contributed by atoms with Gasteiger partial charge in [-0.2, -0.15) is 5.26 Å². The molecule has 2 rings (SSSR count). The van der Waals surface area contributed by atoms with Crippen molar-refractivity contribution in [3.05, 3.63) is 27.9 Å². The number of nitro groups is 1. The molecule has 1 fully saturated rings. The molecule has 1 aromatic heterocycles. The quantitative estimate of drug-likeness (QED) is 0.591. The van der Waals surface area contributed by atoms with Crippen molar-refractivity contribution in [2.45, 2.75) is 6.10 Å². The molecule has 19 heavy (non-hydrogen) atoms. The van der Waals surface area contributed by atoms with Gasteiger partial charge in [-0.1, -0.05) is 0 Å². The molecule has 1 aliphatic heterocycles. The van der Waals surface area contributed by atoms with Crippen LogP contribution in [0.2, 0.25) is 0 Å². The Morgan fingerprint density at radius 3 is 3.16 bits per heavy atom. The Morgan fingerprint density at radius 1 is 1.68 bits per heavy atom. The maximum absolute atomic E-state index is 10.7. The zero-order valence-corrected chi connectivity index (χ0v) is 10.1. The van der Waals surface area contributed by atoms with Gasteiger partial charge in [0.15, 0.2) is 0 Å². The summed E-state index contributed by atoms with van der Waals surface area (Å²) in [5, 5.41) is 25.7. The molecule has 8 nitrogen and oxygen atoms in total. The fraction of sp³-hybridized carbons (Fsp3) is 0.455. The van der Waals surface area contributed by atoms with Gasteiger partial charge in [-0.25, -0.2) is 4.98 Å². The van der Waals surface area contributed by atoms with Crippen molar-refractivity contribution in [3.8, 4) is 6.07 Å². The number of nitriles is 1. The SMILES string of the molecule is N#Cc1nc(NCC2CNCCO2)ccc1[N+](=O)[O-]. The molecule has 1 atom stereocenters. The second kappa shape index (κ2) is 6.08. The molecule has 0 bridgehead atoms. The van der Waals surface area contributed by atoms with E-state index < -0.39 is 4.92 Å². The second-order valence-electron chi connectivity index (χ2n) is 4.01. The van der Waals surface area contributed by atoms with Crippen LogP contribution in [0, 0.1) is 21.4 Å². The summed E-state index contributed by atoms with van der Waals surface area (Å²) in [5.41, 5.74) is -0.485. The molecule has 1 unspecified atom stereocenters. The van der Waals surface area contributed by atoms with E-state index >= 15 is 0 Å². The number of ether oxygens (including phenoxy) is 1. The van der Waals surface area contributed by atoms with Crippen LogP contribution in [0.15, 0.2) is 12.1 Å². The van der Waals surface area contributed by atoms with Gasteiger partial charge < -0.3 is 15.4 Å². The fourth-order valence-corrected chi connectivity index (χ4v) is 1.75. The second-order valence-corrected chi connectivity index (χ2v) is 4.01. The smallest absolute Gasteiger partial charge is 0.305 e. The van der Waals surface area contributed by atoms with Crippen LogP contribution in [-0.2, 0) is 4.74 Å². The Kier molecular flexibility index (Phi) is 4.22. The van der Waals surface area contributed by atoms with Crippen molar-refractivity contribution in [2.24, 2.45) is 0 Å². The van der Waals surface area contributed by atoms with Crippen molar-refractivity contribution >= 4 is 11.5 Å². The number of hydrogen-bond donors (Lipinski definition) is 2. The van der Waals surface area contributed by atoms with E-state index in [2.05, 4.69) is 15.6 Å². The third-order valence-electron chi connectivity index (χ3n) is 2.69. The molecule has 8 heteroatoms. The number of morpholine rings is 1. The van der Waals surface area contributed by atoms with Crippen LogP contribution < -0.4 is 10.6 Å². The predicted molar refractivity (Wildman–Crippen MR) is 66.7 cm³/mol. The summed E-state index contributed by atoms with van der Waals surface area (Å²) in [5.74, 6) is 0.427. The molecule has 100 valence electrons. The summed E-state index contributed by atoms with van der Waals surface area (Å²) in [6.07, 6.45) is 0.0243. The van der Waals surface area contributed by atoms with Crippen molar-refractivity contribution < 1.29 is 9.66 Å². The Bertz CT molecular complexity index is 508. The van der Waals surface area contributed by atoms with Gasteiger partial charge >= 0.3 is 5.69 Å². The summed E-state index contributed by atoms with van der Waals surface area (Å²) in [7, 11) is 0. The number of pyridine rings is 1. The largest absolute Gasteiger partial charge is 0.374 e. The lowest BCUT2D eigenvalue weighted by molar-refractivity contribution is -0.385. The van der Waals surface area contributed by atoms with Crippen LogP contribution in [0.4, 0.5) is 11.5 Å². The van der Waals surface area contributed by atoms with Crippen molar-refractivity contribution in [2.75, 3.05) is 31.6 Å². The van der Waals surface area contributed by atoms with Crippen molar-refractivity contribution in [3.63, 3.8) is 0 Å². The summed E-state index contributed by atoms with van der Waals surface area (Å²) in [6.45, 7) is 2.77. The van der Waals surface area contributed by atoms with Crippen molar-refractivity contribution in [1.29, 1.82) is 5.26 Å². The predicted octanol–water partition coefficient (Wildman–Crippen LogP) is 0.262. The molecule has 2 heterocycles. The molecular weight excluding hydrogens is 250 g/mol. The number of hydrogen-bond acceptors (Lipinski definition) is 7. The van der Waals surface area contributed by atoms with E-state index in [9.17, 15) is 10.1 Å². The first-order valence-electron chi connectivity index (χ1n) is 5.82. The first kappa shape index (κ1) is 13.2. The zero-order chi connectivity index (χ0) is 13.7. The van der Waals surface area contributed by atoms with Gasteiger partial charge in [0.05, 0.1) is 17.6 Å². The maximum atomic E-state index is 10.7. The van der Waals surface area contributed by atoms with Crippen LogP contribution in [0.5, 0.6) is 0 Å². The third kappa shape index (κ3) is 3.37. The number of nitrogens with one attached hydrogen (secondary N) is 2. The van der Waals surface area contributed by atoms with Gasteiger partial charge in [0.2, 0.25) is 5.69 Å². The van der Waals surface area contributed by atoms with Gasteiger partial charge in [0.25, 0.3) is 0 Å². The van der Waals surface area contributed by atoms with Crippen molar-refractivity contribution in [1.82, 2.24) is 10.3 Å². The Labute approximate surface area is 109 Å². The highest BCUT2D eigenvalue weighted by atomic mass is 16.6. The molecular formula is C11H13N5O3. The van der Waals surface area contributed by atoms with Gasteiger partial charge in [0, 0.05) is 25.7 Å². The fourth-order valence-electron chi connectivity index (χ4n) is 1.75. The van der Waals surface area contributed by atoms with E-state index in [4.69, 9.17) is 10.00 Å². The van der Waals surface area contributed by atoms with Gasteiger partial charge in [0.1, 0.15) is 11.9 Å². The van der Waals surface area contributed by atoms with Gasteiger partial charge in [-0.15, -0.1) is 0 Å². The molecule has 1 aromatic rings. The van der Waals surface area contributed by atoms with E-state index in [0.717, 1.165) is 13.1 Å². The highest BCUT2D eigenvalue weighted by Crippen LogP contribution is 2.18. The minimum Gasteiger partial charge on any atom is -0.374 e. The molecule has 0 radical (unpaired) electrons. The van der Waals surface area contributed by atoms with E-state index in [-0.39, 0.29) is 17.5 Å². The number of nitrogens with zero attached hydrogens (tertiary/aromatic N) is 3. The average Bonchev–Trinajstić information content (AvgIpc) is 2.45. The highest BCUT2D eigenvalue weighted by molar-refractivity contribution is 5.50. The lowest BCUT2D eigenvalue weighted by atomic mass is 10.3. The Morgan fingerprint density at radius 2 is 2.53 bits per heavy atom. The zero-order valence-electron chi connectivity index (χ0n) is 10.1. The van der Waals surface area contributed by atoms with E-state index in [1.165, 1.54) is 12.1 Å². The number of aromatic nitrogens is 1. The first-order valence-corrected chi connectivity index (χ1v) is 5.82. The minimum atomic E-state index is -0.622. The number of rotatable bonds is 4. The van der Waals surface area contributed by atoms with Crippen LogP contribution >= 0.6 is 0 Å². The van der Waals surface area contributed by atoms with Gasteiger partial charge in [-0.3, -0.25) is 10.1 Å². The summed E-state index contributed by atoms with van der Waals surface area (Å²) in [6, 6.07) is 4.47. The summed E-state index contributed by atoms with van der Waals surface area (Å²) >= 11 is 0. The molecule has 0 aromatic carbocycles. The monoisotopic (exact) mass is 263 g/mol. The molecule has 0 spiro atoms. The van der Waals surface area contributed by atoms with Crippen LogP contribution in [0.1, 0.15) is 5.69 Å². The number of anilines is 1. The Balaban J connectivity index is 2.01. The van der Waals surface area contributed by atoms with Crippen LogP contribution in [0.3, 0.4) is 0 Å². The topological polar surface area (TPSA) is 113 Å². The van der Waals surface area contributed by atoms with E-state index in [1.54, 1.807) is 6.07 Å².